The van der Waals surface area contributed by atoms with Gasteiger partial charge in [-0.1, -0.05) is 0 Å². The average Bonchev–Trinajstić information content (AvgIpc) is 2.96. The quantitative estimate of drug-likeness (QED) is 0.835. The Morgan fingerprint density at radius 2 is 2.09 bits per heavy atom. The molecule has 0 aromatic carbocycles. The molecule has 2 amide bonds. The van der Waals surface area contributed by atoms with Crippen LogP contribution in [0.25, 0.3) is 0 Å². The molecule has 0 saturated carbocycles. The van der Waals surface area contributed by atoms with Crippen LogP contribution in [0.1, 0.15) is 22.2 Å². The number of nitrogens with one attached hydrogen (secondary N) is 1. The molecule has 2 N–H and O–H groups in total. The molecule has 0 aliphatic rings. The monoisotopic (exact) mass is 321 g/mol. The van der Waals surface area contributed by atoms with Crippen LogP contribution in [-0.2, 0) is 13.1 Å². The third-order valence-electron chi connectivity index (χ3n) is 2.89. The molecule has 22 heavy (non-hydrogen) atoms. The summed E-state index contributed by atoms with van der Waals surface area (Å²) in [6.45, 7) is 4.55. The molecule has 0 aliphatic carbocycles. The van der Waals surface area contributed by atoms with E-state index in [0.717, 1.165) is 16.4 Å². The third kappa shape index (κ3) is 4.74. The zero-order valence-corrected chi connectivity index (χ0v) is 13.4. The van der Waals surface area contributed by atoms with Crippen LogP contribution in [0.15, 0.2) is 17.6 Å². The van der Waals surface area contributed by atoms with E-state index in [1.54, 1.807) is 6.20 Å². The minimum atomic E-state index is -0.271. The van der Waals surface area contributed by atoms with Crippen LogP contribution in [0.3, 0.4) is 0 Å². The van der Waals surface area contributed by atoms with E-state index in [1.165, 1.54) is 16.2 Å². The lowest BCUT2D eigenvalue weighted by Crippen LogP contribution is -2.41. The van der Waals surface area contributed by atoms with Gasteiger partial charge in [0.1, 0.15) is 10.8 Å². The molecule has 0 bridgehead atoms. The number of aryl methyl sites for hydroxylation is 2. The molecule has 118 valence electrons. The van der Waals surface area contributed by atoms with E-state index in [4.69, 9.17) is 5.11 Å². The molecule has 2 rings (SSSR count). The summed E-state index contributed by atoms with van der Waals surface area (Å²) in [5, 5.41) is 14.6. The van der Waals surface area contributed by atoms with Gasteiger partial charge in [0.05, 0.1) is 19.7 Å². The van der Waals surface area contributed by atoms with Gasteiger partial charge in [-0.2, -0.15) is 0 Å². The Hall–Kier alpha value is -2.06. The second kappa shape index (κ2) is 7.81. The Kier molecular flexibility index (Phi) is 5.79. The summed E-state index contributed by atoms with van der Waals surface area (Å²) < 4.78 is 0. The topological polar surface area (TPSA) is 91.2 Å². The van der Waals surface area contributed by atoms with E-state index < -0.39 is 0 Å². The molecule has 0 fully saturated rings. The summed E-state index contributed by atoms with van der Waals surface area (Å²) >= 11 is 1.47. The SMILES string of the molecule is Cc1cc(C)nc(CNC(=O)N(CCO)Cc2nccs2)n1. The summed E-state index contributed by atoms with van der Waals surface area (Å²) in [6, 6.07) is 1.61. The maximum absolute atomic E-state index is 12.2. The summed E-state index contributed by atoms with van der Waals surface area (Å²) in [6.07, 6.45) is 1.69. The van der Waals surface area contributed by atoms with E-state index in [9.17, 15) is 4.79 Å². The van der Waals surface area contributed by atoms with Gasteiger partial charge in [-0.3, -0.25) is 0 Å². The predicted molar refractivity (Wildman–Crippen MR) is 83.4 cm³/mol. The number of amides is 2. The zero-order valence-electron chi connectivity index (χ0n) is 12.6. The number of thiazole rings is 1. The van der Waals surface area contributed by atoms with Crippen molar-refractivity contribution < 1.29 is 9.90 Å². The smallest absolute Gasteiger partial charge is 0.318 e. The van der Waals surface area contributed by atoms with E-state index in [-0.39, 0.29) is 25.7 Å². The average molecular weight is 321 g/mol. The number of hydrogen-bond acceptors (Lipinski definition) is 6. The highest BCUT2D eigenvalue weighted by Crippen LogP contribution is 2.08. The molecule has 2 aromatic heterocycles. The Balaban J connectivity index is 1.95. The number of urea groups is 1. The van der Waals surface area contributed by atoms with Crippen molar-refractivity contribution in [2.45, 2.75) is 26.9 Å². The van der Waals surface area contributed by atoms with Gasteiger partial charge in [0.15, 0.2) is 0 Å². The van der Waals surface area contributed by atoms with Gasteiger partial charge >= 0.3 is 6.03 Å². The second-order valence-electron chi connectivity index (χ2n) is 4.80. The van der Waals surface area contributed by atoms with Gasteiger partial charge in [0.2, 0.25) is 0 Å². The highest BCUT2D eigenvalue weighted by atomic mass is 32.1. The molecule has 0 atom stereocenters. The summed E-state index contributed by atoms with van der Waals surface area (Å²) in [4.78, 5) is 26.5. The summed E-state index contributed by atoms with van der Waals surface area (Å²) in [7, 11) is 0. The fraction of sp³-hybridized carbons (Fsp3) is 0.429. The van der Waals surface area contributed by atoms with Crippen LogP contribution in [-0.4, -0.2) is 44.1 Å². The van der Waals surface area contributed by atoms with Gasteiger partial charge in [0.25, 0.3) is 0 Å². The van der Waals surface area contributed by atoms with Crippen LogP contribution in [0.5, 0.6) is 0 Å². The number of nitrogens with zero attached hydrogens (tertiary/aromatic N) is 4. The second-order valence-corrected chi connectivity index (χ2v) is 5.78. The van der Waals surface area contributed by atoms with E-state index >= 15 is 0 Å². The molecular weight excluding hydrogens is 302 g/mol. The molecule has 8 heteroatoms. The van der Waals surface area contributed by atoms with E-state index in [0.29, 0.717) is 12.4 Å². The molecule has 0 unspecified atom stereocenters. The van der Waals surface area contributed by atoms with Gasteiger partial charge in [-0.05, 0) is 19.9 Å². The summed E-state index contributed by atoms with van der Waals surface area (Å²) in [5.41, 5.74) is 1.73. The van der Waals surface area contributed by atoms with Crippen molar-refractivity contribution >= 4 is 17.4 Å². The first kappa shape index (κ1) is 16.3. The first-order chi connectivity index (χ1) is 10.6. The molecule has 2 aromatic rings. The Morgan fingerprint density at radius 3 is 2.68 bits per heavy atom. The lowest BCUT2D eigenvalue weighted by molar-refractivity contribution is 0.173. The van der Waals surface area contributed by atoms with Crippen LogP contribution in [0.4, 0.5) is 4.79 Å². The molecule has 2 heterocycles. The molecule has 0 spiro atoms. The number of carbonyl (C=O) groups is 1. The normalized spacial score (nSPS) is 10.5. The van der Waals surface area contributed by atoms with Gasteiger partial charge in [-0.25, -0.2) is 19.7 Å². The lowest BCUT2D eigenvalue weighted by atomic mass is 10.3. The van der Waals surface area contributed by atoms with Crippen molar-refractivity contribution in [3.05, 3.63) is 39.9 Å². The number of carbonyl (C=O) groups excluding carboxylic acids is 1. The molecule has 0 aliphatic heterocycles. The standard InChI is InChI=1S/C14H19N5O2S/c1-10-7-11(2)18-12(17-10)8-16-14(21)19(4-5-20)9-13-15-3-6-22-13/h3,6-7,20H,4-5,8-9H2,1-2H3,(H,16,21). The molecule has 0 saturated heterocycles. The fourth-order valence-electron chi connectivity index (χ4n) is 2.01. The number of aliphatic hydroxyl groups is 1. The predicted octanol–water partition coefficient (Wildman–Crippen LogP) is 1.25. The highest BCUT2D eigenvalue weighted by molar-refractivity contribution is 7.09. The molecule has 7 nitrogen and oxygen atoms in total. The number of aromatic nitrogens is 3. The van der Waals surface area contributed by atoms with Crippen LogP contribution < -0.4 is 5.32 Å². The van der Waals surface area contributed by atoms with Gasteiger partial charge < -0.3 is 15.3 Å². The van der Waals surface area contributed by atoms with Crippen molar-refractivity contribution in [2.75, 3.05) is 13.2 Å². The first-order valence-electron chi connectivity index (χ1n) is 6.91. The van der Waals surface area contributed by atoms with E-state index in [2.05, 4.69) is 20.3 Å². The zero-order chi connectivity index (χ0) is 15.9. The van der Waals surface area contributed by atoms with Gasteiger partial charge in [-0.15, -0.1) is 11.3 Å². The largest absolute Gasteiger partial charge is 0.395 e. The fourth-order valence-corrected chi connectivity index (χ4v) is 2.64. The highest BCUT2D eigenvalue weighted by Gasteiger charge is 2.15. The van der Waals surface area contributed by atoms with Gasteiger partial charge in [0, 0.05) is 29.5 Å². The van der Waals surface area contributed by atoms with Crippen LogP contribution in [0, 0.1) is 13.8 Å². The Morgan fingerprint density at radius 1 is 1.36 bits per heavy atom. The van der Waals surface area contributed by atoms with Crippen molar-refractivity contribution in [1.82, 2.24) is 25.2 Å². The van der Waals surface area contributed by atoms with Crippen molar-refractivity contribution in [2.24, 2.45) is 0 Å². The summed E-state index contributed by atoms with van der Waals surface area (Å²) in [5.74, 6) is 0.573. The third-order valence-corrected chi connectivity index (χ3v) is 3.66. The van der Waals surface area contributed by atoms with Crippen molar-refractivity contribution in [3.63, 3.8) is 0 Å². The maximum atomic E-state index is 12.2. The van der Waals surface area contributed by atoms with Crippen LogP contribution in [0.2, 0.25) is 0 Å². The molecular formula is C14H19N5O2S. The lowest BCUT2D eigenvalue weighted by Gasteiger charge is -2.21. The minimum absolute atomic E-state index is 0.0984. The molecule has 0 radical (unpaired) electrons. The van der Waals surface area contributed by atoms with Crippen molar-refractivity contribution in [3.8, 4) is 0 Å². The minimum Gasteiger partial charge on any atom is -0.395 e. The first-order valence-corrected chi connectivity index (χ1v) is 7.79. The Bertz CT molecular complexity index is 597. The Labute approximate surface area is 133 Å². The number of hydrogen-bond donors (Lipinski definition) is 2. The number of rotatable bonds is 6. The van der Waals surface area contributed by atoms with E-state index in [1.807, 2.05) is 25.3 Å². The number of aliphatic hydroxyl groups excluding tert-OH is 1. The van der Waals surface area contributed by atoms with Crippen molar-refractivity contribution in [1.29, 1.82) is 0 Å². The maximum Gasteiger partial charge on any atom is 0.318 e. The van der Waals surface area contributed by atoms with Crippen LogP contribution >= 0.6 is 11.3 Å².